The first-order chi connectivity index (χ1) is 7.20. The SMILES string of the molecule is Cc1ncccc1N1C(C)CCCC1N. The molecule has 3 nitrogen and oxygen atoms in total. The fourth-order valence-electron chi connectivity index (χ4n) is 2.39. The van der Waals surface area contributed by atoms with Crippen LogP contribution < -0.4 is 10.6 Å². The maximum atomic E-state index is 6.17. The first-order valence-electron chi connectivity index (χ1n) is 5.65. The summed E-state index contributed by atoms with van der Waals surface area (Å²) in [5, 5.41) is 0. The summed E-state index contributed by atoms with van der Waals surface area (Å²) in [7, 11) is 0. The maximum Gasteiger partial charge on any atom is 0.0774 e. The zero-order valence-corrected chi connectivity index (χ0v) is 9.48. The zero-order chi connectivity index (χ0) is 10.8. The van der Waals surface area contributed by atoms with Gasteiger partial charge in [0, 0.05) is 12.2 Å². The third-order valence-corrected chi connectivity index (χ3v) is 3.21. The highest BCUT2D eigenvalue weighted by atomic mass is 15.3. The van der Waals surface area contributed by atoms with Gasteiger partial charge in [-0.3, -0.25) is 4.98 Å². The van der Waals surface area contributed by atoms with Crippen molar-refractivity contribution in [3.63, 3.8) is 0 Å². The van der Waals surface area contributed by atoms with Gasteiger partial charge in [-0.05, 0) is 45.2 Å². The van der Waals surface area contributed by atoms with Crippen LogP contribution in [0.15, 0.2) is 18.3 Å². The lowest BCUT2D eigenvalue weighted by Gasteiger charge is -2.41. The number of pyridine rings is 1. The van der Waals surface area contributed by atoms with Crippen molar-refractivity contribution in [2.45, 2.75) is 45.3 Å². The first-order valence-corrected chi connectivity index (χ1v) is 5.65. The number of rotatable bonds is 1. The Morgan fingerprint density at radius 3 is 2.93 bits per heavy atom. The number of hydrogen-bond acceptors (Lipinski definition) is 3. The molecule has 2 atom stereocenters. The summed E-state index contributed by atoms with van der Waals surface area (Å²) < 4.78 is 0. The number of aromatic nitrogens is 1. The standard InChI is InChI=1S/C12H19N3/c1-9-5-3-7-12(13)15(9)11-6-4-8-14-10(11)2/h4,6,8-9,12H,3,5,7,13H2,1-2H3. The summed E-state index contributed by atoms with van der Waals surface area (Å²) >= 11 is 0. The number of nitrogens with zero attached hydrogens (tertiary/aromatic N) is 2. The zero-order valence-electron chi connectivity index (χ0n) is 9.48. The van der Waals surface area contributed by atoms with E-state index < -0.39 is 0 Å². The Labute approximate surface area is 91.3 Å². The van der Waals surface area contributed by atoms with Crippen LogP contribution in [0.3, 0.4) is 0 Å². The normalized spacial score (nSPS) is 26.7. The Morgan fingerprint density at radius 1 is 1.47 bits per heavy atom. The predicted molar refractivity (Wildman–Crippen MR) is 62.7 cm³/mol. The molecular formula is C12H19N3. The average molecular weight is 205 g/mol. The third kappa shape index (κ3) is 1.97. The maximum absolute atomic E-state index is 6.17. The molecule has 0 saturated carbocycles. The molecule has 82 valence electrons. The number of aryl methyl sites for hydroxylation is 1. The Balaban J connectivity index is 2.31. The molecule has 1 aromatic rings. The summed E-state index contributed by atoms with van der Waals surface area (Å²) in [5.41, 5.74) is 8.43. The van der Waals surface area contributed by atoms with E-state index in [2.05, 4.69) is 22.9 Å². The Bertz CT molecular complexity index is 327. The van der Waals surface area contributed by atoms with Gasteiger partial charge in [0.1, 0.15) is 0 Å². The lowest BCUT2D eigenvalue weighted by Crippen LogP contribution is -2.50. The molecule has 0 bridgehead atoms. The topological polar surface area (TPSA) is 42.2 Å². The summed E-state index contributed by atoms with van der Waals surface area (Å²) in [6.45, 7) is 4.29. The van der Waals surface area contributed by atoms with Crippen LogP contribution in [0.25, 0.3) is 0 Å². The van der Waals surface area contributed by atoms with Gasteiger partial charge in [-0.1, -0.05) is 0 Å². The van der Waals surface area contributed by atoms with Crippen LogP contribution in [0.2, 0.25) is 0 Å². The summed E-state index contributed by atoms with van der Waals surface area (Å²) in [4.78, 5) is 6.64. The molecule has 15 heavy (non-hydrogen) atoms. The molecule has 1 aromatic heterocycles. The van der Waals surface area contributed by atoms with Gasteiger partial charge < -0.3 is 10.6 Å². The van der Waals surface area contributed by atoms with E-state index in [0.717, 1.165) is 12.1 Å². The second-order valence-corrected chi connectivity index (χ2v) is 4.36. The fourth-order valence-corrected chi connectivity index (χ4v) is 2.39. The van der Waals surface area contributed by atoms with Crippen molar-refractivity contribution in [3.8, 4) is 0 Å². The molecule has 0 spiro atoms. The number of anilines is 1. The fraction of sp³-hybridized carbons (Fsp3) is 0.583. The highest BCUT2D eigenvalue weighted by Gasteiger charge is 2.26. The lowest BCUT2D eigenvalue weighted by molar-refractivity contribution is 0.402. The van der Waals surface area contributed by atoms with Gasteiger partial charge in [-0.2, -0.15) is 0 Å². The lowest BCUT2D eigenvalue weighted by atomic mass is 10.00. The van der Waals surface area contributed by atoms with E-state index >= 15 is 0 Å². The largest absolute Gasteiger partial charge is 0.352 e. The van der Waals surface area contributed by atoms with Crippen LogP contribution in [-0.2, 0) is 0 Å². The number of piperidine rings is 1. The highest BCUT2D eigenvalue weighted by Crippen LogP contribution is 2.28. The molecule has 0 aliphatic carbocycles. The summed E-state index contributed by atoms with van der Waals surface area (Å²) in [6, 6.07) is 4.62. The second kappa shape index (κ2) is 4.19. The van der Waals surface area contributed by atoms with E-state index in [1.807, 2.05) is 19.2 Å². The molecule has 1 fully saturated rings. The molecule has 1 aliphatic rings. The smallest absolute Gasteiger partial charge is 0.0774 e. The predicted octanol–water partition coefficient (Wildman–Crippen LogP) is 2.05. The van der Waals surface area contributed by atoms with Crippen LogP contribution >= 0.6 is 0 Å². The van der Waals surface area contributed by atoms with Crippen molar-refractivity contribution in [2.24, 2.45) is 5.73 Å². The van der Waals surface area contributed by atoms with E-state index in [0.29, 0.717) is 6.04 Å². The summed E-state index contributed by atoms with van der Waals surface area (Å²) in [5.74, 6) is 0. The quantitative estimate of drug-likeness (QED) is 0.763. The van der Waals surface area contributed by atoms with Gasteiger partial charge in [-0.15, -0.1) is 0 Å². The highest BCUT2D eigenvalue weighted by molar-refractivity contribution is 5.51. The van der Waals surface area contributed by atoms with Crippen molar-refractivity contribution < 1.29 is 0 Å². The molecule has 2 N–H and O–H groups in total. The molecule has 2 heterocycles. The van der Waals surface area contributed by atoms with E-state index in [-0.39, 0.29) is 6.17 Å². The number of nitrogens with two attached hydrogens (primary N) is 1. The molecule has 0 aromatic carbocycles. The van der Waals surface area contributed by atoms with Crippen LogP contribution in [0.1, 0.15) is 31.9 Å². The molecular weight excluding hydrogens is 186 g/mol. The van der Waals surface area contributed by atoms with Gasteiger partial charge in [-0.25, -0.2) is 0 Å². The van der Waals surface area contributed by atoms with E-state index in [9.17, 15) is 0 Å². The minimum Gasteiger partial charge on any atom is -0.352 e. The average Bonchev–Trinajstić information content (AvgIpc) is 2.20. The van der Waals surface area contributed by atoms with Crippen molar-refractivity contribution in [1.29, 1.82) is 0 Å². The minimum atomic E-state index is 0.150. The number of hydrogen-bond donors (Lipinski definition) is 1. The van der Waals surface area contributed by atoms with Gasteiger partial charge >= 0.3 is 0 Å². The summed E-state index contributed by atoms with van der Waals surface area (Å²) in [6.07, 6.45) is 5.52. The Morgan fingerprint density at radius 2 is 2.27 bits per heavy atom. The van der Waals surface area contributed by atoms with Crippen molar-refractivity contribution in [1.82, 2.24) is 4.98 Å². The van der Waals surface area contributed by atoms with Crippen molar-refractivity contribution in [2.75, 3.05) is 4.90 Å². The van der Waals surface area contributed by atoms with Crippen LogP contribution in [0, 0.1) is 6.92 Å². The first kappa shape index (κ1) is 10.4. The van der Waals surface area contributed by atoms with Crippen molar-refractivity contribution >= 4 is 5.69 Å². The molecule has 1 aliphatic heterocycles. The molecule has 1 saturated heterocycles. The van der Waals surface area contributed by atoms with Gasteiger partial charge in [0.05, 0.1) is 17.5 Å². The van der Waals surface area contributed by atoms with Gasteiger partial charge in [0.2, 0.25) is 0 Å². The molecule has 0 amide bonds. The van der Waals surface area contributed by atoms with Gasteiger partial charge in [0.15, 0.2) is 0 Å². The van der Waals surface area contributed by atoms with E-state index in [1.165, 1.54) is 18.5 Å². The second-order valence-electron chi connectivity index (χ2n) is 4.36. The monoisotopic (exact) mass is 205 g/mol. The molecule has 2 unspecified atom stereocenters. The Hall–Kier alpha value is -1.09. The van der Waals surface area contributed by atoms with Gasteiger partial charge in [0.25, 0.3) is 0 Å². The van der Waals surface area contributed by atoms with Crippen LogP contribution in [0.4, 0.5) is 5.69 Å². The third-order valence-electron chi connectivity index (χ3n) is 3.21. The Kier molecular flexibility index (Phi) is 2.91. The van der Waals surface area contributed by atoms with Crippen LogP contribution in [0.5, 0.6) is 0 Å². The molecule has 3 heteroatoms. The van der Waals surface area contributed by atoms with E-state index in [4.69, 9.17) is 5.73 Å². The van der Waals surface area contributed by atoms with Crippen LogP contribution in [-0.4, -0.2) is 17.2 Å². The molecule has 2 rings (SSSR count). The molecule has 0 radical (unpaired) electrons. The van der Waals surface area contributed by atoms with Crippen molar-refractivity contribution in [3.05, 3.63) is 24.0 Å². The minimum absolute atomic E-state index is 0.150. The van der Waals surface area contributed by atoms with E-state index in [1.54, 1.807) is 0 Å².